The SMILES string of the molecule is CCCCNS(=O)(=O)c1ccccc1NC(N)=S. The molecule has 0 atom stereocenters. The van der Waals surface area contributed by atoms with Gasteiger partial charge in [-0.15, -0.1) is 0 Å². The molecule has 0 saturated heterocycles. The third-order valence-corrected chi connectivity index (χ3v) is 3.88. The average Bonchev–Trinajstić information content (AvgIpc) is 2.29. The zero-order valence-electron chi connectivity index (χ0n) is 10.1. The lowest BCUT2D eigenvalue weighted by atomic mass is 10.3. The van der Waals surface area contributed by atoms with Crippen molar-refractivity contribution in [1.82, 2.24) is 4.72 Å². The van der Waals surface area contributed by atoms with E-state index in [1.807, 2.05) is 6.92 Å². The summed E-state index contributed by atoms with van der Waals surface area (Å²) >= 11 is 4.72. The van der Waals surface area contributed by atoms with E-state index in [2.05, 4.69) is 10.0 Å². The summed E-state index contributed by atoms with van der Waals surface area (Å²) in [4.78, 5) is 0.147. The summed E-state index contributed by atoms with van der Waals surface area (Å²) in [7, 11) is -3.54. The molecule has 0 bridgehead atoms. The zero-order valence-corrected chi connectivity index (χ0v) is 11.8. The lowest BCUT2D eigenvalue weighted by Gasteiger charge is -2.11. The Bertz CT molecular complexity index is 515. The molecule has 0 spiro atoms. The number of unbranched alkanes of at least 4 members (excludes halogenated alkanes) is 1. The first kappa shape index (κ1) is 14.9. The summed E-state index contributed by atoms with van der Waals surface area (Å²) in [6.45, 7) is 2.41. The van der Waals surface area contributed by atoms with Gasteiger partial charge in [-0.3, -0.25) is 0 Å². The van der Waals surface area contributed by atoms with E-state index in [-0.39, 0.29) is 10.0 Å². The topological polar surface area (TPSA) is 84.2 Å². The van der Waals surface area contributed by atoms with Gasteiger partial charge in [0.05, 0.1) is 5.69 Å². The number of hydrogen-bond acceptors (Lipinski definition) is 3. The fourth-order valence-electron chi connectivity index (χ4n) is 1.40. The van der Waals surface area contributed by atoms with Crippen molar-refractivity contribution in [2.75, 3.05) is 11.9 Å². The highest BCUT2D eigenvalue weighted by atomic mass is 32.2. The van der Waals surface area contributed by atoms with Crippen LogP contribution in [0.4, 0.5) is 5.69 Å². The summed E-state index contributed by atoms with van der Waals surface area (Å²) in [6.07, 6.45) is 1.72. The molecule has 1 aromatic carbocycles. The Kier molecular flexibility index (Phi) is 5.52. The summed E-state index contributed by atoms with van der Waals surface area (Å²) < 4.78 is 26.7. The minimum Gasteiger partial charge on any atom is -0.376 e. The Morgan fingerprint density at radius 1 is 1.39 bits per heavy atom. The zero-order chi connectivity index (χ0) is 13.6. The molecule has 0 aliphatic heterocycles. The average molecular weight is 287 g/mol. The number of anilines is 1. The molecule has 0 radical (unpaired) electrons. The van der Waals surface area contributed by atoms with Gasteiger partial charge < -0.3 is 11.1 Å². The second-order valence-electron chi connectivity index (χ2n) is 3.74. The molecule has 0 fully saturated rings. The minimum absolute atomic E-state index is 0.0335. The highest BCUT2D eigenvalue weighted by molar-refractivity contribution is 7.89. The van der Waals surface area contributed by atoms with Crippen LogP contribution in [0.3, 0.4) is 0 Å². The Balaban J connectivity index is 2.97. The maximum absolute atomic E-state index is 12.1. The third-order valence-electron chi connectivity index (χ3n) is 2.26. The van der Waals surface area contributed by atoms with E-state index in [1.54, 1.807) is 18.2 Å². The number of nitrogens with two attached hydrogens (primary N) is 1. The summed E-state index contributed by atoms with van der Waals surface area (Å²) in [6, 6.07) is 6.49. The monoisotopic (exact) mass is 287 g/mol. The first-order valence-electron chi connectivity index (χ1n) is 5.62. The maximum atomic E-state index is 12.1. The van der Waals surface area contributed by atoms with Gasteiger partial charge >= 0.3 is 0 Å². The standard InChI is InChI=1S/C11H17N3O2S2/c1-2-3-8-13-18(15,16)10-7-5-4-6-9(10)14-11(12)17/h4-7,13H,2-3,8H2,1H3,(H3,12,14,17). The van der Waals surface area contributed by atoms with Crippen LogP contribution in [0.25, 0.3) is 0 Å². The molecule has 1 rings (SSSR count). The van der Waals surface area contributed by atoms with Gasteiger partial charge in [0.15, 0.2) is 5.11 Å². The molecule has 5 nitrogen and oxygen atoms in total. The second kappa shape index (κ2) is 6.67. The van der Waals surface area contributed by atoms with Crippen LogP contribution in [-0.2, 0) is 10.0 Å². The lowest BCUT2D eigenvalue weighted by Crippen LogP contribution is -2.27. The fourth-order valence-corrected chi connectivity index (χ4v) is 2.74. The molecule has 0 aromatic heterocycles. The van der Waals surface area contributed by atoms with Crippen molar-refractivity contribution in [3.05, 3.63) is 24.3 Å². The Morgan fingerprint density at radius 3 is 2.67 bits per heavy atom. The normalized spacial score (nSPS) is 11.2. The molecular weight excluding hydrogens is 270 g/mol. The van der Waals surface area contributed by atoms with Crippen LogP contribution < -0.4 is 15.8 Å². The van der Waals surface area contributed by atoms with Crippen molar-refractivity contribution in [3.63, 3.8) is 0 Å². The van der Waals surface area contributed by atoms with Gasteiger partial charge in [-0.2, -0.15) is 0 Å². The third kappa shape index (κ3) is 4.25. The van der Waals surface area contributed by atoms with Crippen molar-refractivity contribution in [3.8, 4) is 0 Å². The van der Waals surface area contributed by atoms with Crippen LogP contribution in [0, 0.1) is 0 Å². The second-order valence-corrected chi connectivity index (χ2v) is 5.91. The highest BCUT2D eigenvalue weighted by Gasteiger charge is 2.17. The first-order valence-corrected chi connectivity index (χ1v) is 7.51. The van der Waals surface area contributed by atoms with Gasteiger partial charge in [0.2, 0.25) is 10.0 Å². The van der Waals surface area contributed by atoms with Crippen LogP contribution in [0.2, 0.25) is 0 Å². The van der Waals surface area contributed by atoms with Crippen LogP contribution in [0.15, 0.2) is 29.2 Å². The van der Waals surface area contributed by atoms with Gasteiger partial charge in [-0.1, -0.05) is 25.5 Å². The van der Waals surface area contributed by atoms with Crippen LogP contribution in [-0.4, -0.2) is 20.1 Å². The molecule has 0 amide bonds. The smallest absolute Gasteiger partial charge is 0.242 e. The minimum atomic E-state index is -3.54. The predicted molar refractivity (Wildman–Crippen MR) is 76.9 cm³/mol. The largest absolute Gasteiger partial charge is 0.376 e. The Morgan fingerprint density at radius 2 is 2.06 bits per heavy atom. The molecule has 0 saturated carbocycles. The molecule has 0 aliphatic rings. The summed E-state index contributed by atoms with van der Waals surface area (Å²) in [5, 5.41) is 2.69. The molecule has 0 aliphatic carbocycles. The predicted octanol–water partition coefficient (Wildman–Crippen LogP) is 1.42. The number of thiocarbonyl (C=S) groups is 1. The molecule has 0 heterocycles. The molecule has 4 N–H and O–H groups in total. The van der Waals surface area contributed by atoms with Gasteiger partial charge in [0.25, 0.3) is 0 Å². The first-order chi connectivity index (χ1) is 8.47. The van der Waals surface area contributed by atoms with Crippen molar-refractivity contribution in [2.24, 2.45) is 5.73 Å². The summed E-state index contributed by atoms with van der Waals surface area (Å²) in [5.41, 5.74) is 5.75. The van der Waals surface area contributed by atoms with Crippen molar-refractivity contribution in [2.45, 2.75) is 24.7 Å². The van der Waals surface area contributed by atoms with E-state index in [1.165, 1.54) is 6.07 Å². The fraction of sp³-hybridized carbons (Fsp3) is 0.364. The summed E-state index contributed by atoms with van der Waals surface area (Å²) in [5.74, 6) is 0. The van der Waals surface area contributed by atoms with Crippen molar-refractivity contribution in [1.29, 1.82) is 0 Å². The maximum Gasteiger partial charge on any atom is 0.242 e. The Labute approximate surface area is 113 Å². The number of rotatable bonds is 6. The van der Waals surface area contributed by atoms with E-state index in [9.17, 15) is 8.42 Å². The number of benzene rings is 1. The number of hydrogen-bond donors (Lipinski definition) is 3. The quantitative estimate of drug-likeness (QED) is 0.544. The lowest BCUT2D eigenvalue weighted by molar-refractivity contribution is 0.579. The molecule has 100 valence electrons. The van der Waals surface area contributed by atoms with Gasteiger partial charge in [0.1, 0.15) is 4.90 Å². The molecule has 0 unspecified atom stereocenters. The van der Waals surface area contributed by atoms with Crippen LogP contribution in [0.1, 0.15) is 19.8 Å². The molecule has 7 heteroatoms. The number of para-hydroxylation sites is 1. The van der Waals surface area contributed by atoms with E-state index >= 15 is 0 Å². The molecule has 18 heavy (non-hydrogen) atoms. The van der Waals surface area contributed by atoms with E-state index in [4.69, 9.17) is 18.0 Å². The molecular formula is C11H17N3O2S2. The van der Waals surface area contributed by atoms with E-state index < -0.39 is 10.0 Å². The van der Waals surface area contributed by atoms with Crippen LogP contribution >= 0.6 is 12.2 Å². The van der Waals surface area contributed by atoms with Gasteiger partial charge in [-0.05, 0) is 30.8 Å². The highest BCUT2D eigenvalue weighted by Crippen LogP contribution is 2.20. The van der Waals surface area contributed by atoms with Crippen molar-refractivity contribution >= 4 is 33.0 Å². The Hall–Kier alpha value is -1.18. The van der Waals surface area contributed by atoms with Gasteiger partial charge in [0, 0.05) is 6.54 Å². The molecule has 1 aromatic rings. The number of sulfonamides is 1. The van der Waals surface area contributed by atoms with Crippen molar-refractivity contribution < 1.29 is 8.42 Å². The van der Waals surface area contributed by atoms with E-state index in [0.717, 1.165) is 12.8 Å². The van der Waals surface area contributed by atoms with Gasteiger partial charge in [-0.25, -0.2) is 13.1 Å². The van der Waals surface area contributed by atoms with E-state index in [0.29, 0.717) is 12.2 Å². The number of nitrogens with one attached hydrogen (secondary N) is 2. The van der Waals surface area contributed by atoms with Crippen LogP contribution in [0.5, 0.6) is 0 Å².